The van der Waals surface area contributed by atoms with Crippen molar-refractivity contribution < 1.29 is 27.1 Å². The highest BCUT2D eigenvalue weighted by Crippen LogP contribution is 2.25. The Morgan fingerprint density at radius 2 is 1.78 bits per heavy atom. The quantitative estimate of drug-likeness (QED) is 0.400. The minimum absolute atomic E-state index is 0.0265. The average Bonchev–Trinajstić information content (AvgIpc) is 2.51. The van der Waals surface area contributed by atoms with Crippen molar-refractivity contribution >= 4 is 21.7 Å². The Bertz CT molecular complexity index is 704. The molecule has 0 amide bonds. The Balaban J connectivity index is 1.93. The van der Waals surface area contributed by atoms with Gasteiger partial charge in [-0.05, 0) is 36.4 Å². The molecule has 0 aliphatic rings. The molecule has 0 aromatic heterocycles. The van der Waals surface area contributed by atoms with Gasteiger partial charge in [0.25, 0.3) is 0 Å². The van der Waals surface area contributed by atoms with E-state index in [2.05, 4.69) is 15.9 Å². The number of carbonyl (C=O) groups is 1. The summed E-state index contributed by atoms with van der Waals surface area (Å²) in [6.07, 6.45) is -2.23. The molecule has 0 fully saturated rings. The van der Waals surface area contributed by atoms with Gasteiger partial charge >= 0.3 is 0 Å². The van der Waals surface area contributed by atoms with Gasteiger partial charge in [-0.15, -0.1) is 0 Å². The molecule has 1 atom stereocenters. The molecule has 0 saturated heterocycles. The third kappa shape index (κ3) is 4.54. The van der Waals surface area contributed by atoms with Gasteiger partial charge in [-0.3, -0.25) is 4.79 Å². The number of rotatable bonds is 6. The van der Waals surface area contributed by atoms with Gasteiger partial charge in [-0.25, -0.2) is 13.2 Å². The van der Waals surface area contributed by atoms with Crippen LogP contribution in [0, 0.1) is 17.5 Å². The van der Waals surface area contributed by atoms with E-state index in [1.54, 1.807) is 0 Å². The lowest BCUT2D eigenvalue weighted by Crippen LogP contribution is -2.19. The lowest BCUT2D eigenvalue weighted by molar-refractivity contribution is 0.0850. The molecule has 0 heterocycles. The minimum Gasteiger partial charge on any atom is -0.490 e. The van der Waals surface area contributed by atoms with E-state index < -0.39 is 29.4 Å². The van der Waals surface area contributed by atoms with Crippen molar-refractivity contribution in [1.29, 1.82) is 0 Å². The highest BCUT2D eigenvalue weighted by atomic mass is 79.9. The van der Waals surface area contributed by atoms with Gasteiger partial charge in [-0.2, -0.15) is 4.39 Å². The number of ketones is 1. The molecule has 2 aromatic carbocycles. The van der Waals surface area contributed by atoms with Gasteiger partial charge in [0.15, 0.2) is 23.5 Å². The van der Waals surface area contributed by atoms with Gasteiger partial charge in [0, 0.05) is 16.5 Å². The average molecular weight is 391 g/mol. The molecule has 122 valence electrons. The summed E-state index contributed by atoms with van der Waals surface area (Å²) in [7, 11) is 0. The first-order valence-corrected chi connectivity index (χ1v) is 7.39. The second-order valence-corrected chi connectivity index (χ2v) is 5.59. The number of ether oxygens (including phenoxy) is 1. The molecule has 23 heavy (non-hydrogen) atoms. The van der Waals surface area contributed by atoms with Crippen LogP contribution in [-0.4, -0.2) is 18.6 Å². The van der Waals surface area contributed by atoms with Crippen LogP contribution in [0.15, 0.2) is 40.9 Å². The fourth-order valence-corrected chi connectivity index (χ4v) is 2.24. The van der Waals surface area contributed by atoms with E-state index in [9.17, 15) is 22.4 Å². The van der Waals surface area contributed by atoms with Crippen LogP contribution in [0.3, 0.4) is 0 Å². The lowest BCUT2D eigenvalue weighted by atomic mass is 10.1. The molecule has 0 N–H and O–H groups in total. The predicted octanol–water partition coefficient (Wildman–Crippen LogP) is 4.86. The molecule has 0 radical (unpaired) electrons. The van der Waals surface area contributed by atoms with Crippen LogP contribution in [0.25, 0.3) is 0 Å². The standard InChI is InChI=1S/C16H11BrF4O2/c17-10-7-13(20)15(21)14(8-10)23-6-5-12(19)16(22)9-1-3-11(18)4-2-9/h1-4,7-8,12H,5-6H2. The third-order valence-corrected chi connectivity index (χ3v) is 3.46. The van der Waals surface area contributed by atoms with E-state index in [1.807, 2.05) is 0 Å². The zero-order chi connectivity index (χ0) is 17.0. The highest BCUT2D eigenvalue weighted by molar-refractivity contribution is 9.10. The topological polar surface area (TPSA) is 26.3 Å². The molecule has 2 nitrogen and oxygen atoms in total. The smallest absolute Gasteiger partial charge is 0.200 e. The van der Waals surface area contributed by atoms with Gasteiger partial charge in [-0.1, -0.05) is 15.9 Å². The fourth-order valence-electron chi connectivity index (χ4n) is 1.84. The number of Topliss-reactive ketones (excluding diaryl/α,β-unsaturated/α-hetero) is 1. The number of halogens is 5. The van der Waals surface area contributed by atoms with Gasteiger partial charge in [0.1, 0.15) is 5.82 Å². The molecule has 1 unspecified atom stereocenters. The van der Waals surface area contributed by atoms with Gasteiger partial charge in [0.2, 0.25) is 5.82 Å². The SMILES string of the molecule is O=C(c1ccc(F)cc1)C(F)CCOc1cc(Br)cc(F)c1F. The number of benzene rings is 2. The molecule has 0 aliphatic carbocycles. The summed E-state index contributed by atoms with van der Waals surface area (Å²) in [5.41, 5.74) is 0.0265. The molecule has 0 saturated carbocycles. The van der Waals surface area contributed by atoms with Crippen LogP contribution in [0.5, 0.6) is 5.75 Å². The maximum atomic E-state index is 13.8. The number of alkyl halides is 1. The fraction of sp³-hybridized carbons (Fsp3) is 0.188. The van der Waals surface area contributed by atoms with Crippen LogP contribution < -0.4 is 4.74 Å². The van der Waals surface area contributed by atoms with E-state index in [-0.39, 0.29) is 28.8 Å². The zero-order valence-corrected chi connectivity index (χ0v) is 13.2. The predicted molar refractivity (Wildman–Crippen MR) is 79.8 cm³/mol. The van der Waals surface area contributed by atoms with Crippen molar-refractivity contribution in [3.05, 3.63) is 63.9 Å². The van der Waals surface area contributed by atoms with Crippen molar-refractivity contribution in [3.63, 3.8) is 0 Å². The second-order valence-electron chi connectivity index (χ2n) is 4.68. The Labute approximate surface area is 138 Å². The van der Waals surface area contributed by atoms with E-state index in [0.717, 1.165) is 18.2 Å². The van der Waals surface area contributed by atoms with Crippen molar-refractivity contribution in [1.82, 2.24) is 0 Å². The first-order chi connectivity index (χ1) is 10.9. The summed E-state index contributed by atoms with van der Waals surface area (Å²) < 4.78 is 58.5. The number of hydrogen-bond donors (Lipinski definition) is 0. The van der Waals surface area contributed by atoms with Crippen molar-refractivity contribution in [2.24, 2.45) is 0 Å². The molecule has 7 heteroatoms. The summed E-state index contributed by atoms with van der Waals surface area (Å²) in [6, 6.07) is 6.58. The van der Waals surface area contributed by atoms with Crippen LogP contribution >= 0.6 is 15.9 Å². The van der Waals surface area contributed by atoms with Crippen LogP contribution in [-0.2, 0) is 0 Å². The summed E-state index contributed by atoms with van der Waals surface area (Å²) in [5, 5.41) is 0. The molecule has 2 aromatic rings. The van der Waals surface area contributed by atoms with E-state index in [0.29, 0.717) is 0 Å². The first kappa shape index (κ1) is 17.5. The summed E-state index contributed by atoms with van der Waals surface area (Å²) in [4.78, 5) is 11.8. The lowest BCUT2D eigenvalue weighted by Gasteiger charge is -2.10. The van der Waals surface area contributed by atoms with E-state index >= 15 is 0 Å². The molecule has 0 bridgehead atoms. The van der Waals surface area contributed by atoms with Crippen LogP contribution in [0.2, 0.25) is 0 Å². The number of carbonyl (C=O) groups excluding carboxylic acids is 1. The van der Waals surface area contributed by atoms with E-state index in [1.165, 1.54) is 18.2 Å². The highest BCUT2D eigenvalue weighted by Gasteiger charge is 2.20. The van der Waals surface area contributed by atoms with Gasteiger partial charge < -0.3 is 4.74 Å². The minimum atomic E-state index is -1.89. The molecule has 0 aliphatic heterocycles. The van der Waals surface area contributed by atoms with Crippen molar-refractivity contribution in [2.75, 3.05) is 6.61 Å². The first-order valence-electron chi connectivity index (χ1n) is 6.59. The molecular formula is C16H11BrF4O2. The largest absolute Gasteiger partial charge is 0.490 e. The van der Waals surface area contributed by atoms with Crippen LogP contribution in [0.1, 0.15) is 16.8 Å². The second kappa shape index (κ2) is 7.59. The third-order valence-electron chi connectivity index (χ3n) is 3.00. The Morgan fingerprint density at radius 1 is 1.13 bits per heavy atom. The maximum Gasteiger partial charge on any atom is 0.200 e. The Kier molecular flexibility index (Phi) is 5.76. The Morgan fingerprint density at radius 3 is 2.43 bits per heavy atom. The maximum absolute atomic E-state index is 13.8. The Hall–Kier alpha value is -1.89. The zero-order valence-electron chi connectivity index (χ0n) is 11.7. The monoisotopic (exact) mass is 390 g/mol. The van der Waals surface area contributed by atoms with Crippen molar-refractivity contribution in [2.45, 2.75) is 12.6 Å². The summed E-state index contributed by atoms with van der Waals surface area (Å²) in [5.74, 6) is -4.03. The van der Waals surface area contributed by atoms with E-state index in [4.69, 9.17) is 4.74 Å². The summed E-state index contributed by atoms with van der Waals surface area (Å²) in [6.45, 7) is -0.319. The van der Waals surface area contributed by atoms with Crippen molar-refractivity contribution in [3.8, 4) is 5.75 Å². The number of hydrogen-bond acceptors (Lipinski definition) is 2. The summed E-state index contributed by atoms with van der Waals surface area (Å²) >= 11 is 2.98. The van der Waals surface area contributed by atoms with Crippen LogP contribution in [0.4, 0.5) is 17.6 Å². The molecule has 0 spiro atoms. The molecular weight excluding hydrogens is 380 g/mol. The molecule has 2 rings (SSSR count). The normalized spacial score (nSPS) is 12.0. The van der Waals surface area contributed by atoms with Gasteiger partial charge in [0.05, 0.1) is 6.61 Å².